The van der Waals surface area contributed by atoms with Crippen molar-refractivity contribution >= 4 is 5.88 Å². The monoisotopic (exact) mass is 280 g/mol. The van der Waals surface area contributed by atoms with Crippen LogP contribution in [0.3, 0.4) is 0 Å². The predicted octanol–water partition coefficient (Wildman–Crippen LogP) is 3.88. The Morgan fingerprint density at radius 3 is 2.65 bits per heavy atom. The van der Waals surface area contributed by atoms with Crippen molar-refractivity contribution in [2.45, 2.75) is 59.0 Å². The summed E-state index contributed by atoms with van der Waals surface area (Å²) in [5, 5.41) is 14.1. The minimum absolute atomic E-state index is 0.183. The van der Waals surface area contributed by atoms with Crippen LogP contribution in [0.25, 0.3) is 0 Å². The van der Waals surface area contributed by atoms with E-state index >= 15 is 0 Å². The molecule has 20 heavy (non-hydrogen) atoms. The predicted molar refractivity (Wildman–Crippen MR) is 77.4 cm³/mol. The average Bonchev–Trinajstić information content (AvgIpc) is 2.84. The van der Waals surface area contributed by atoms with Gasteiger partial charge in [-0.25, -0.2) is 0 Å². The summed E-state index contributed by atoms with van der Waals surface area (Å²) in [6, 6.07) is 3.56. The highest BCUT2D eigenvalue weighted by atomic mass is 16.6. The second-order valence-electron chi connectivity index (χ2n) is 6.74. The lowest BCUT2D eigenvalue weighted by Gasteiger charge is -2.40. The van der Waals surface area contributed by atoms with Crippen molar-refractivity contribution in [2.24, 2.45) is 11.3 Å². The van der Waals surface area contributed by atoms with E-state index in [0.717, 1.165) is 0 Å². The zero-order valence-electron chi connectivity index (χ0n) is 12.5. The third-order valence-electron chi connectivity index (χ3n) is 4.24. The summed E-state index contributed by atoms with van der Waals surface area (Å²) in [5.41, 5.74) is 0.285. The van der Waals surface area contributed by atoms with Gasteiger partial charge >= 0.3 is 5.88 Å². The summed E-state index contributed by atoms with van der Waals surface area (Å²) in [6.45, 7) is 7.42. The fourth-order valence-electron chi connectivity index (χ4n) is 3.20. The van der Waals surface area contributed by atoms with E-state index in [4.69, 9.17) is 4.42 Å². The third-order valence-corrected chi connectivity index (χ3v) is 4.24. The molecule has 1 fully saturated rings. The molecular weight excluding hydrogens is 256 g/mol. The third kappa shape index (κ3) is 3.60. The molecule has 0 spiro atoms. The van der Waals surface area contributed by atoms with Gasteiger partial charge in [0.15, 0.2) is 0 Å². The summed E-state index contributed by atoms with van der Waals surface area (Å²) >= 11 is 0. The number of furan rings is 1. The summed E-state index contributed by atoms with van der Waals surface area (Å²) in [6.07, 6.45) is 4.97. The Kier molecular flexibility index (Phi) is 4.48. The van der Waals surface area contributed by atoms with Crippen LogP contribution >= 0.6 is 0 Å². The first-order valence-corrected chi connectivity index (χ1v) is 7.34. The van der Waals surface area contributed by atoms with Gasteiger partial charge in [0.1, 0.15) is 10.7 Å². The Labute approximate surface area is 119 Å². The molecule has 0 amide bonds. The smallest absolute Gasteiger partial charge is 0.404 e. The van der Waals surface area contributed by atoms with Crippen molar-refractivity contribution in [1.82, 2.24) is 5.32 Å². The molecule has 2 unspecified atom stereocenters. The van der Waals surface area contributed by atoms with Crippen LogP contribution in [0.2, 0.25) is 0 Å². The number of rotatable bonds is 4. The SMILES string of the molecule is CC(C)(C)C1CCCCC1NCc1ccc([N+](=O)[O-])o1. The molecule has 2 atom stereocenters. The van der Waals surface area contributed by atoms with Crippen LogP contribution in [-0.4, -0.2) is 11.0 Å². The lowest BCUT2D eigenvalue weighted by atomic mass is 9.69. The molecule has 0 bridgehead atoms. The average molecular weight is 280 g/mol. The van der Waals surface area contributed by atoms with Crippen molar-refractivity contribution in [1.29, 1.82) is 0 Å². The Hall–Kier alpha value is -1.36. The zero-order valence-corrected chi connectivity index (χ0v) is 12.5. The molecule has 1 aromatic heterocycles. The van der Waals surface area contributed by atoms with E-state index in [9.17, 15) is 10.1 Å². The number of nitro groups is 1. The van der Waals surface area contributed by atoms with Gasteiger partial charge < -0.3 is 9.73 Å². The molecule has 0 radical (unpaired) electrons. The fraction of sp³-hybridized carbons (Fsp3) is 0.733. The molecular formula is C15H24N2O3. The van der Waals surface area contributed by atoms with E-state index < -0.39 is 4.92 Å². The van der Waals surface area contributed by atoms with E-state index in [1.54, 1.807) is 6.07 Å². The summed E-state index contributed by atoms with van der Waals surface area (Å²) in [7, 11) is 0. The molecule has 1 heterocycles. The number of hydrogen-bond acceptors (Lipinski definition) is 4. The minimum Gasteiger partial charge on any atom is -0.404 e. The number of nitrogens with zero attached hydrogens (tertiary/aromatic N) is 1. The first-order chi connectivity index (χ1) is 9.38. The maximum absolute atomic E-state index is 10.6. The Balaban J connectivity index is 1.95. The van der Waals surface area contributed by atoms with E-state index in [0.29, 0.717) is 24.3 Å². The van der Waals surface area contributed by atoms with Crippen LogP contribution in [0.15, 0.2) is 16.5 Å². The van der Waals surface area contributed by atoms with Crippen LogP contribution < -0.4 is 5.32 Å². The first-order valence-electron chi connectivity index (χ1n) is 7.34. The minimum atomic E-state index is -0.498. The van der Waals surface area contributed by atoms with Crippen molar-refractivity contribution in [2.75, 3.05) is 0 Å². The molecule has 0 aromatic carbocycles. The summed E-state index contributed by atoms with van der Waals surface area (Å²) in [4.78, 5) is 10.1. The maximum atomic E-state index is 10.6. The molecule has 1 N–H and O–H groups in total. The Morgan fingerprint density at radius 1 is 1.35 bits per heavy atom. The number of nitrogens with one attached hydrogen (secondary N) is 1. The highest BCUT2D eigenvalue weighted by Crippen LogP contribution is 2.38. The normalized spacial score (nSPS) is 23.8. The highest BCUT2D eigenvalue weighted by Gasteiger charge is 2.33. The van der Waals surface area contributed by atoms with Crippen molar-refractivity contribution in [3.8, 4) is 0 Å². The molecule has 0 aliphatic heterocycles. The van der Waals surface area contributed by atoms with Crippen LogP contribution in [-0.2, 0) is 6.54 Å². The largest absolute Gasteiger partial charge is 0.433 e. The molecule has 2 rings (SSSR count). The first kappa shape index (κ1) is 15.0. The van der Waals surface area contributed by atoms with Crippen LogP contribution in [0.1, 0.15) is 52.2 Å². The molecule has 0 saturated heterocycles. The van der Waals surface area contributed by atoms with E-state index in [1.807, 2.05) is 0 Å². The Bertz CT molecular complexity index is 462. The van der Waals surface area contributed by atoms with Crippen LogP contribution in [0.5, 0.6) is 0 Å². The summed E-state index contributed by atoms with van der Waals surface area (Å²) in [5.74, 6) is 1.09. The van der Waals surface area contributed by atoms with E-state index in [2.05, 4.69) is 26.1 Å². The van der Waals surface area contributed by atoms with Gasteiger partial charge in [0.25, 0.3) is 0 Å². The standard InChI is InChI=1S/C15H24N2O3/c1-15(2,3)12-6-4-5-7-13(12)16-10-11-8-9-14(20-11)17(18)19/h8-9,12-13,16H,4-7,10H2,1-3H3. The Morgan fingerprint density at radius 2 is 2.05 bits per heavy atom. The van der Waals surface area contributed by atoms with Gasteiger partial charge in [-0.05, 0) is 30.2 Å². The molecule has 1 aliphatic carbocycles. The van der Waals surface area contributed by atoms with Crippen LogP contribution in [0, 0.1) is 21.4 Å². The highest BCUT2D eigenvalue weighted by molar-refractivity contribution is 5.17. The lowest BCUT2D eigenvalue weighted by molar-refractivity contribution is -0.402. The van der Waals surface area contributed by atoms with Crippen LogP contribution in [0.4, 0.5) is 5.88 Å². The quantitative estimate of drug-likeness (QED) is 0.671. The van der Waals surface area contributed by atoms with Gasteiger partial charge in [0.2, 0.25) is 0 Å². The van der Waals surface area contributed by atoms with Gasteiger partial charge in [0.05, 0.1) is 12.6 Å². The molecule has 5 nitrogen and oxygen atoms in total. The summed E-state index contributed by atoms with van der Waals surface area (Å²) < 4.78 is 5.20. The van der Waals surface area contributed by atoms with Gasteiger partial charge in [-0.15, -0.1) is 0 Å². The second kappa shape index (κ2) is 5.95. The maximum Gasteiger partial charge on any atom is 0.433 e. The van der Waals surface area contributed by atoms with Gasteiger partial charge in [-0.1, -0.05) is 33.6 Å². The molecule has 1 aromatic rings. The van der Waals surface area contributed by atoms with Gasteiger partial charge in [0, 0.05) is 6.04 Å². The number of hydrogen-bond donors (Lipinski definition) is 1. The molecule has 5 heteroatoms. The molecule has 1 saturated carbocycles. The van der Waals surface area contributed by atoms with E-state index in [1.165, 1.54) is 31.7 Å². The topological polar surface area (TPSA) is 68.3 Å². The van der Waals surface area contributed by atoms with Crippen molar-refractivity contribution in [3.63, 3.8) is 0 Å². The fourth-order valence-corrected chi connectivity index (χ4v) is 3.20. The van der Waals surface area contributed by atoms with Crippen molar-refractivity contribution in [3.05, 3.63) is 28.0 Å². The van der Waals surface area contributed by atoms with E-state index in [-0.39, 0.29) is 11.3 Å². The van der Waals surface area contributed by atoms with Crippen molar-refractivity contribution < 1.29 is 9.34 Å². The lowest BCUT2D eigenvalue weighted by Crippen LogP contribution is -2.43. The van der Waals surface area contributed by atoms with Gasteiger partial charge in [-0.2, -0.15) is 0 Å². The molecule has 1 aliphatic rings. The van der Waals surface area contributed by atoms with Gasteiger partial charge in [-0.3, -0.25) is 10.1 Å². The molecule has 112 valence electrons. The zero-order chi connectivity index (χ0) is 14.8. The second-order valence-corrected chi connectivity index (χ2v) is 6.74.